The number of carboxylic acid groups (broad SMARTS) is 1. The van der Waals surface area contributed by atoms with Crippen molar-refractivity contribution in [3.8, 4) is 28.7 Å². The maximum atomic E-state index is 14.4. The van der Waals surface area contributed by atoms with E-state index in [0.29, 0.717) is 13.2 Å². The molecule has 0 aromatic heterocycles. The molecule has 0 saturated heterocycles. The fraction of sp³-hybridized carbons (Fsp3) is 0.235. The molecule has 164 valence electrons. The minimum absolute atomic E-state index is 0.185. The average Bonchev–Trinajstić information content (AvgIpc) is 2.60. The van der Waals surface area contributed by atoms with Crippen LogP contribution in [0.15, 0.2) is 24.3 Å². The van der Waals surface area contributed by atoms with Gasteiger partial charge in [0.1, 0.15) is 22.6 Å². The van der Waals surface area contributed by atoms with Crippen molar-refractivity contribution in [2.24, 2.45) is 0 Å². The van der Waals surface area contributed by atoms with Gasteiger partial charge in [0.15, 0.2) is 23.1 Å². The third-order valence-electron chi connectivity index (χ3n) is 3.50. The lowest BCUT2D eigenvalue weighted by Crippen LogP contribution is -2.17. The van der Waals surface area contributed by atoms with Crippen LogP contribution in [0.25, 0.3) is 0 Å². The Balaban J connectivity index is 2.62. The topological polar surface area (TPSA) is 74.2 Å². The number of alkyl halides is 6. The van der Waals surface area contributed by atoms with Crippen molar-refractivity contribution in [3.63, 3.8) is 0 Å². The molecule has 30 heavy (non-hydrogen) atoms. The molecule has 0 amide bonds. The van der Waals surface area contributed by atoms with E-state index in [9.17, 15) is 40.6 Å². The lowest BCUT2D eigenvalue weighted by atomic mass is 10.1. The average molecular weight is 444 g/mol. The molecule has 0 radical (unpaired) electrons. The van der Waals surface area contributed by atoms with Crippen molar-refractivity contribution < 1.29 is 59.6 Å². The van der Waals surface area contributed by atoms with Crippen molar-refractivity contribution in [2.45, 2.75) is 12.5 Å². The van der Waals surface area contributed by atoms with Gasteiger partial charge in [0, 0.05) is 6.07 Å². The van der Waals surface area contributed by atoms with Crippen molar-refractivity contribution >= 4 is 5.97 Å². The van der Waals surface area contributed by atoms with Crippen LogP contribution in [0.2, 0.25) is 0 Å². The fourth-order valence-corrected chi connectivity index (χ4v) is 2.35. The van der Waals surface area contributed by atoms with Gasteiger partial charge >= 0.3 is 18.5 Å². The molecular weight excluding hydrogens is 433 g/mol. The summed E-state index contributed by atoms with van der Waals surface area (Å²) in [6, 6.07) is 2.41. The summed E-state index contributed by atoms with van der Waals surface area (Å²) in [5, 5.41) is 9.20. The Kier molecular flexibility index (Phi) is 6.23. The number of methoxy groups -OCH3 is 2. The quantitative estimate of drug-likeness (QED) is 0.614. The second kappa shape index (κ2) is 8.16. The molecule has 0 aliphatic heterocycles. The highest BCUT2D eigenvalue weighted by Crippen LogP contribution is 2.45. The molecule has 0 saturated carbocycles. The summed E-state index contributed by atoms with van der Waals surface area (Å²) in [6.07, 6.45) is -10.2. The first-order chi connectivity index (χ1) is 13.8. The van der Waals surface area contributed by atoms with Crippen LogP contribution in [0.4, 0.5) is 30.7 Å². The lowest BCUT2D eigenvalue weighted by Gasteiger charge is -2.18. The van der Waals surface area contributed by atoms with Gasteiger partial charge in [-0.15, -0.1) is 13.2 Å². The maximum Gasteiger partial charge on any atom is 0.573 e. The summed E-state index contributed by atoms with van der Waals surface area (Å²) in [5.74, 6) is -8.01. The number of carbonyl (C=O) groups is 1. The van der Waals surface area contributed by atoms with E-state index in [4.69, 9.17) is 9.47 Å². The third kappa shape index (κ3) is 4.96. The second-order valence-electron chi connectivity index (χ2n) is 5.41. The SMILES string of the molecule is COc1cc(OC(F)(F)F)ccc1Oc1cc(C(F)(F)F)c(OC)c(F)c1C(=O)O. The van der Waals surface area contributed by atoms with Gasteiger partial charge in [-0.3, -0.25) is 0 Å². The highest BCUT2D eigenvalue weighted by molar-refractivity contribution is 5.92. The van der Waals surface area contributed by atoms with Crippen LogP contribution in [0.5, 0.6) is 28.7 Å². The molecule has 1 N–H and O–H groups in total. The molecular formula is C17H11F7O6. The van der Waals surface area contributed by atoms with Crippen LogP contribution in [-0.2, 0) is 6.18 Å². The normalized spacial score (nSPS) is 11.8. The summed E-state index contributed by atoms with van der Waals surface area (Å²) in [6.45, 7) is 0. The number of ether oxygens (including phenoxy) is 4. The van der Waals surface area contributed by atoms with E-state index in [-0.39, 0.29) is 6.07 Å². The second-order valence-corrected chi connectivity index (χ2v) is 5.41. The Morgan fingerprint density at radius 3 is 2.03 bits per heavy atom. The van der Waals surface area contributed by atoms with Crippen LogP contribution in [0.1, 0.15) is 15.9 Å². The van der Waals surface area contributed by atoms with Gasteiger partial charge in [-0.05, 0) is 18.2 Å². The zero-order valence-electron chi connectivity index (χ0n) is 14.9. The number of halogens is 7. The Morgan fingerprint density at radius 2 is 1.57 bits per heavy atom. The van der Waals surface area contributed by atoms with Crippen LogP contribution in [0, 0.1) is 5.82 Å². The largest absolute Gasteiger partial charge is 0.573 e. The van der Waals surface area contributed by atoms with Crippen molar-refractivity contribution in [1.82, 2.24) is 0 Å². The third-order valence-corrected chi connectivity index (χ3v) is 3.50. The first kappa shape index (κ1) is 22.9. The molecule has 2 aromatic rings. The molecule has 0 unspecified atom stereocenters. The summed E-state index contributed by atoms with van der Waals surface area (Å²) < 4.78 is 109. The minimum atomic E-state index is -5.14. The minimum Gasteiger partial charge on any atom is -0.493 e. The van der Waals surface area contributed by atoms with Gasteiger partial charge in [-0.2, -0.15) is 13.2 Å². The van der Waals surface area contributed by atoms with E-state index in [2.05, 4.69) is 9.47 Å². The predicted octanol–water partition coefficient (Wildman–Crippen LogP) is 5.25. The Morgan fingerprint density at radius 1 is 0.933 bits per heavy atom. The highest BCUT2D eigenvalue weighted by Gasteiger charge is 2.39. The number of rotatable bonds is 6. The molecule has 0 aliphatic carbocycles. The molecule has 6 nitrogen and oxygen atoms in total. The van der Waals surface area contributed by atoms with E-state index in [1.54, 1.807) is 0 Å². The molecule has 2 rings (SSSR count). The molecule has 0 atom stereocenters. The molecule has 2 aromatic carbocycles. The number of benzene rings is 2. The van der Waals surface area contributed by atoms with Gasteiger partial charge in [-0.1, -0.05) is 0 Å². The number of carboxylic acids is 1. The molecule has 0 fully saturated rings. The summed E-state index contributed by atoms with van der Waals surface area (Å²) in [5.41, 5.74) is -2.96. The summed E-state index contributed by atoms with van der Waals surface area (Å²) in [4.78, 5) is 11.4. The first-order valence-electron chi connectivity index (χ1n) is 7.61. The van der Waals surface area contributed by atoms with E-state index in [0.717, 1.165) is 19.2 Å². The summed E-state index contributed by atoms with van der Waals surface area (Å²) >= 11 is 0. The van der Waals surface area contributed by atoms with Crippen molar-refractivity contribution in [2.75, 3.05) is 14.2 Å². The summed E-state index contributed by atoms with van der Waals surface area (Å²) in [7, 11) is 1.70. The van der Waals surface area contributed by atoms with Gasteiger partial charge in [-0.25, -0.2) is 9.18 Å². The van der Waals surface area contributed by atoms with Crippen LogP contribution < -0.4 is 18.9 Å². The van der Waals surface area contributed by atoms with Gasteiger partial charge in [0.05, 0.1) is 14.2 Å². The fourth-order valence-electron chi connectivity index (χ4n) is 2.35. The number of hydrogen-bond acceptors (Lipinski definition) is 5. The smallest absolute Gasteiger partial charge is 0.493 e. The van der Waals surface area contributed by atoms with E-state index in [1.807, 2.05) is 0 Å². The monoisotopic (exact) mass is 444 g/mol. The zero-order valence-corrected chi connectivity index (χ0v) is 14.9. The highest BCUT2D eigenvalue weighted by atomic mass is 19.4. The molecule has 0 aliphatic rings. The molecule has 0 spiro atoms. The van der Waals surface area contributed by atoms with E-state index in [1.165, 1.54) is 0 Å². The van der Waals surface area contributed by atoms with Gasteiger partial charge < -0.3 is 24.1 Å². The number of hydrogen-bond donors (Lipinski definition) is 1. The van der Waals surface area contributed by atoms with Crippen LogP contribution in [-0.4, -0.2) is 31.7 Å². The lowest BCUT2D eigenvalue weighted by molar-refractivity contribution is -0.274. The first-order valence-corrected chi connectivity index (χ1v) is 7.61. The Bertz CT molecular complexity index is 953. The van der Waals surface area contributed by atoms with E-state index >= 15 is 0 Å². The molecule has 0 bridgehead atoms. The maximum absolute atomic E-state index is 14.4. The van der Waals surface area contributed by atoms with E-state index < -0.39 is 64.2 Å². The molecule has 0 heterocycles. The zero-order chi connectivity index (χ0) is 22.9. The Labute approximate surface area is 163 Å². The van der Waals surface area contributed by atoms with Gasteiger partial charge in [0.2, 0.25) is 0 Å². The van der Waals surface area contributed by atoms with Crippen LogP contribution in [0.3, 0.4) is 0 Å². The molecule has 13 heteroatoms. The predicted molar refractivity (Wildman–Crippen MR) is 84.7 cm³/mol. The van der Waals surface area contributed by atoms with Gasteiger partial charge in [0.25, 0.3) is 0 Å². The van der Waals surface area contributed by atoms with Crippen molar-refractivity contribution in [1.29, 1.82) is 0 Å². The Hall–Kier alpha value is -3.38. The van der Waals surface area contributed by atoms with Crippen LogP contribution >= 0.6 is 0 Å². The standard InChI is InChI=1S/C17H11F7O6/c1-27-10-5-7(30-17(22,23)24)3-4-9(10)29-11-6-8(16(19,20)21)14(28-2)13(18)12(11)15(25)26/h3-6H,1-2H3,(H,25,26). The van der Waals surface area contributed by atoms with Crippen molar-refractivity contribution in [3.05, 3.63) is 41.2 Å². The number of aromatic carboxylic acids is 1.